The summed E-state index contributed by atoms with van der Waals surface area (Å²) in [6, 6.07) is 8.94. The molecule has 37 heavy (non-hydrogen) atoms. The molecule has 1 saturated heterocycles. The number of halogens is 1. The summed E-state index contributed by atoms with van der Waals surface area (Å²) in [7, 11) is -2.04. The van der Waals surface area contributed by atoms with Crippen LogP contribution in [0.2, 0.25) is 5.02 Å². The van der Waals surface area contributed by atoms with Crippen LogP contribution in [0, 0.1) is 6.92 Å². The van der Waals surface area contributed by atoms with Gasteiger partial charge >= 0.3 is 0 Å². The molecule has 3 heterocycles. The number of nitrogens with zero attached hydrogens (tertiary/aromatic N) is 5. The molecule has 0 atom stereocenters. The van der Waals surface area contributed by atoms with Crippen molar-refractivity contribution >= 4 is 50.8 Å². The van der Waals surface area contributed by atoms with Gasteiger partial charge in [-0.1, -0.05) is 23.7 Å². The summed E-state index contributed by atoms with van der Waals surface area (Å²) >= 11 is 6.33. The van der Waals surface area contributed by atoms with E-state index in [1.54, 1.807) is 29.2 Å². The normalized spacial score (nSPS) is 13.8. The first-order valence-electron chi connectivity index (χ1n) is 11.5. The fourth-order valence-electron chi connectivity index (χ4n) is 3.70. The van der Waals surface area contributed by atoms with Crippen LogP contribution in [0.25, 0.3) is 0 Å². The average molecular weight is 546 g/mol. The maximum atomic E-state index is 12.9. The van der Waals surface area contributed by atoms with Crippen LogP contribution in [-0.4, -0.2) is 73.8 Å². The lowest BCUT2D eigenvalue weighted by Gasteiger charge is -2.27. The number of ether oxygens (including phenoxy) is 1. The lowest BCUT2D eigenvalue weighted by Crippen LogP contribution is -2.40. The summed E-state index contributed by atoms with van der Waals surface area (Å²) in [4.78, 5) is 27.6. The Hall–Kier alpha value is -3.48. The Labute approximate surface area is 220 Å². The van der Waals surface area contributed by atoms with E-state index in [1.165, 1.54) is 19.4 Å². The first-order chi connectivity index (χ1) is 17.6. The van der Waals surface area contributed by atoms with Gasteiger partial charge in [-0.15, -0.1) is 0 Å². The van der Waals surface area contributed by atoms with Gasteiger partial charge in [0.1, 0.15) is 10.8 Å². The number of aryl methyl sites for hydroxylation is 1. The quantitative estimate of drug-likeness (QED) is 0.438. The second-order valence-corrected chi connectivity index (χ2v) is 10.9. The molecule has 0 radical (unpaired) electrons. The van der Waals surface area contributed by atoms with Crippen molar-refractivity contribution in [2.45, 2.75) is 13.5 Å². The van der Waals surface area contributed by atoms with E-state index in [9.17, 15) is 13.2 Å². The number of morpholine rings is 1. The van der Waals surface area contributed by atoms with Crippen molar-refractivity contribution in [2.24, 2.45) is 0 Å². The molecule has 0 unspecified atom stereocenters. The highest BCUT2D eigenvalue weighted by molar-refractivity contribution is 7.92. The second kappa shape index (κ2) is 11.3. The standard InChI is InChI=1S/C24H28ClN7O4S/c1-16-6-7-17(23(33)32-9-11-36-12-10-32)13-20(16)29-24-28-15-19(25)21(30-24)27-14-18-5-4-8-26-22(18)31(2)37(3,34)35/h4-8,13,15H,9-12,14H2,1-3H3,(H2,27,28,29,30). The van der Waals surface area contributed by atoms with E-state index < -0.39 is 10.0 Å². The predicted molar refractivity (Wildman–Crippen MR) is 143 cm³/mol. The van der Waals surface area contributed by atoms with E-state index in [-0.39, 0.29) is 18.4 Å². The van der Waals surface area contributed by atoms with Crippen LogP contribution >= 0.6 is 11.6 Å². The van der Waals surface area contributed by atoms with E-state index in [2.05, 4.69) is 25.6 Å². The first kappa shape index (κ1) is 26.6. The van der Waals surface area contributed by atoms with Crippen LogP contribution in [0.5, 0.6) is 0 Å². The van der Waals surface area contributed by atoms with Crippen molar-refractivity contribution in [1.82, 2.24) is 19.9 Å². The lowest BCUT2D eigenvalue weighted by molar-refractivity contribution is 0.0303. The highest BCUT2D eigenvalue weighted by Crippen LogP contribution is 2.26. The Morgan fingerprint density at radius 2 is 1.97 bits per heavy atom. The van der Waals surface area contributed by atoms with Gasteiger partial charge in [-0.3, -0.25) is 9.10 Å². The molecule has 1 aliphatic heterocycles. The summed E-state index contributed by atoms with van der Waals surface area (Å²) < 4.78 is 30.5. The van der Waals surface area contributed by atoms with Crippen molar-refractivity contribution < 1.29 is 17.9 Å². The zero-order chi connectivity index (χ0) is 26.6. The number of aromatic nitrogens is 3. The van der Waals surface area contributed by atoms with Crippen molar-refractivity contribution in [3.8, 4) is 0 Å². The Balaban J connectivity index is 1.52. The molecule has 2 aromatic heterocycles. The summed E-state index contributed by atoms with van der Waals surface area (Å²) in [5.74, 6) is 0.885. The topological polar surface area (TPSA) is 130 Å². The molecule has 4 rings (SSSR count). The number of sulfonamides is 1. The molecule has 1 amide bonds. The summed E-state index contributed by atoms with van der Waals surface area (Å²) in [5.41, 5.74) is 2.80. The lowest BCUT2D eigenvalue weighted by atomic mass is 10.1. The summed E-state index contributed by atoms with van der Waals surface area (Å²) in [6.07, 6.45) is 4.11. The molecule has 1 fully saturated rings. The van der Waals surface area contributed by atoms with E-state index in [4.69, 9.17) is 16.3 Å². The van der Waals surface area contributed by atoms with E-state index in [0.29, 0.717) is 59.8 Å². The number of hydrogen-bond donors (Lipinski definition) is 2. The zero-order valence-corrected chi connectivity index (χ0v) is 22.3. The fraction of sp³-hybridized carbons (Fsp3) is 0.333. The highest BCUT2D eigenvalue weighted by Gasteiger charge is 2.20. The Morgan fingerprint density at radius 1 is 1.22 bits per heavy atom. The van der Waals surface area contributed by atoms with Gasteiger partial charge in [0.25, 0.3) is 5.91 Å². The predicted octanol–water partition coefficient (Wildman–Crippen LogP) is 3.06. The van der Waals surface area contributed by atoms with E-state index >= 15 is 0 Å². The Morgan fingerprint density at radius 3 is 2.70 bits per heavy atom. The van der Waals surface area contributed by atoms with Crippen LogP contribution in [0.4, 0.5) is 23.3 Å². The molecule has 13 heteroatoms. The molecular formula is C24H28ClN7O4S. The average Bonchev–Trinajstić information content (AvgIpc) is 2.89. The van der Waals surface area contributed by atoms with Crippen LogP contribution in [0.1, 0.15) is 21.5 Å². The van der Waals surface area contributed by atoms with Crippen LogP contribution < -0.4 is 14.9 Å². The Kier molecular flexibility index (Phi) is 8.10. The van der Waals surface area contributed by atoms with E-state index in [1.807, 2.05) is 13.0 Å². The van der Waals surface area contributed by atoms with Gasteiger partial charge < -0.3 is 20.3 Å². The number of rotatable bonds is 8. The SMILES string of the molecule is Cc1ccc(C(=O)N2CCOCC2)cc1Nc1ncc(Cl)c(NCc2cccnc2N(C)S(C)(=O)=O)n1. The minimum atomic E-state index is -3.48. The molecule has 0 aliphatic carbocycles. The van der Waals surface area contributed by atoms with Crippen LogP contribution in [0.3, 0.4) is 0 Å². The maximum absolute atomic E-state index is 12.9. The third-order valence-electron chi connectivity index (χ3n) is 5.88. The highest BCUT2D eigenvalue weighted by atomic mass is 35.5. The van der Waals surface area contributed by atoms with Crippen LogP contribution in [0.15, 0.2) is 42.7 Å². The molecule has 196 valence electrons. The number of pyridine rings is 1. The van der Waals surface area contributed by atoms with Crippen LogP contribution in [-0.2, 0) is 21.3 Å². The number of hydrogen-bond acceptors (Lipinski definition) is 9. The minimum absolute atomic E-state index is 0.0583. The van der Waals surface area contributed by atoms with Crippen molar-refractivity contribution in [1.29, 1.82) is 0 Å². The molecule has 0 spiro atoms. The van der Waals surface area contributed by atoms with Gasteiger partial charge in [-0.05, 0) is 30.7 Å². The maximum Gasteiger partial charge on any atom is 0.254 e. The minimum Gasteiger partial charge on any atom is -0.378 e. The smallest absolute Gasteiger partial charge is 0.254 e. The number of nitrogens with one attached hydrogen (secondary N) is 2. The summed E-state index contributed by atoms with van der Waals surface area (Å²) in [5, 5.41) is 6.59. The zero-order valence-electron chi connectivity index (χ0n) is 20.7. The van der Waals surface area contributed by atoms with E-state index in [0.717, 1.165) is 16.1 Å². The largest absolute Gasteiger partial charge is 0.378 e. The third kappa shape index (κ3) is 6.45. The number of carbonyl (C=O) groups is 1. The fourth-order valence-corrected chi connectivity index (χ4v) is 4.33. The van der Waals surface area contributed by atoms with Crippen molar-refractivity contribution in [3.05, 3.63) is 64.4 Å². The van der Waals surface area contributed by atoms with Crippen molar-refractivity contribution in [3.63, 3.8) is 0 Å². The molecule has 1 aromatic carbocycles. The van der Waals surface area contributed by atoms with Gasteiger partial charge in [-0.25, -0.2) is 18.4 Å². The number of carbonyl (C=O) groups excluding carboxylic acids is 1. The summed E-state index contributed by atoms with van der Waals surface area (Å²) in [6.45, 7) is 4.32. The molecular weight excluding hydrogens is 518 g/mol. The first-order valence-corrected chi connectivity index (χ1v) is 13.7. The van der Waals surface area contributed by atoms with Gasteiger partial charge in [0.2, 0.25) is 16.0 Å². The molecule has 11 nitrogen and oxygen atoms in total. The monoisotopic (exact) mass is 545 g/mol. The number of benzene rings is 1. The van der Waals surface area contributed by atoms with Gasteiger partial charge in [0.05, 0.1) is 25.7 Å². The number of anilines is 4. The van der Waals surface area contributed by atoms with Gasteiger partial charge in [-0.2, -0.15) is 4.98 Å². The molecule has 0 bridgehead atoms. The van der Waals surface area contributed by atoms with Crippen molar-refractivity contribution in [2.75, 3.05) is 54.5 Å². The second-order valence-electron chi connectivity index (χ2n) is 8.52. The molecule has 2 N–H and O–H groups in total. The third-order valence-corrected chi connectivity index (χ3v) is 7.33. The Bertz CT molecular complexity index is 1400. The molecule has 0 saturated carbocycles. The number of amides is 1. The van der Waals surface area contributed by atoms with Gasteiger partial charge in [0, 0.05) is 49.7 Å². The van der Waals surface area contributed by atoms with Gasteiger partial charge in [0.15, 0.2) is 5.82 Å². The molecule has 3 aromatic rings. The molecule has 1 aliphatic rings.